The third-order valence-electron chi connectivity index (χ3n) is 3.46. The molecule has 19 heavy (non-hydrogen) atoms. The van der Waals surface area contributed by atoms with Crippen molar-refractivity contribution in [2.75, 3.05) is 39.9 Å². The number of hydrogen-bond donors (Lipinski definition) is 1. The van der Waals surface area contributed by atoms with E-state index >= 15 is 0 Å². The van der Waals surface area contributed by atoms with Crippen LogP contribution < -0.4 is 5.32 Å². The second kappa shape index (κ2) is 7.21. The van der Waals surface area contributed by atoms with E-state index in [0.717, 1.165) is 39.2 Å². The average molecular weight is 263 g/mol. The highest BCUT2D eigenvalue weighted by Gasteiger charge is 2.22. The number of carbonyl (C=O) groups excluding carboxylic acids is 1. The van der Waals surface area contributed by atoms with E-state index in [-0.39, 0.29) is 5.91 Å². The van der Waals surface area contributed by atoms with Crippen LogP contribution in [0, 0.1) is 5.92 Å². The molecule has 1 unspecified atom stereocenters. The Morgan fingerprint density at radius 3 is 3.26 bits per heavy atom. The van der Waals surface area contributed by atoms with Gasteiger partial charge in [0, 0.05) is 39.1 Å². The van der Waals surface area contributed by atoms with Crippen LogP contribution in [0.1, 0.15) is 16.8 Å². The van der Waals surface area contributed by atoms with Crippen LogP contribution in [0.4, 0.5) is 0 Å². The van der Waals surface area contributed by atoms with Gasteiger partial charge in [0.2, 0.25) is 0 Å². The second-order valence-corrected chi connectivity index (χ2v) is 4.90. The molecule has 0 spiro atoms. The Hall–Kier alpha value is -1.46. The predicted octanol–water partition coefficient (Wildman–Crippen LogP) is 0.780. The first-order chi connectivity index (χ1) is 9.29. The summed E-state index contributed by atoms with van der Waals surface area (Å²) in [5.74, 6) is 0.501. The molecule has 1 fully saturated rings. The minimum absolute atomic E-state index is 0.0385. The van der Waals surface area contributed by atoms with Crippen LogP contribution >= 0.6 is 0 Å². The van der Waals surface area contributed by atoms with Crippen LogP contribution in [0.3, 0.4) is 0 Å². The second-order valence-electron chi connectivity index (χ2n) is 4.90. The van der Waals surface area contributed by atoms with E-state index in [2.05, 4.69) is 15.2 Å². The highest BCUT2D eigenvalue weighted by Crippen LogP contribution is 2.14. The number of ether oxygens (including phenoxy) is 1. The molecule has 0 aliphatic carbocycles. The molecule has 1 aromatic heterocycles. The van der Waals surface area contributed by atoms with Gasteiger partial charge in [0.25, 0.3) is 5.91 Å². The summed E-state index contributed by atoms with van der Waals surface area (Å²) >= 11 is 0. The van der Waals surface area contributed by atoms with Gasteiger partial charge >= 0.3 is 0 Å². The fraction of sp³-hybridized carbons (Fsp3) is 0.571. The third kappa shape index (κ3) is 4.29. The summed E-state index contributed by atoms with van der Waals surface area (Å²) in [5, 5.41) is 2.98. The van der Waals surface area contributed by atoms with Crippen LogP contribution in [0.2, 0.25) is 0 Å². The molecule has 2 heterocycles. The van der Waals surface area contributed by atoms with Gasteiger partial charge in [-0.1, -0.05) is 0 Å². The molecule has 1 amide bonds. The fourth-order valence-corrected chi connectivity index (χ4v) is 2.34. The van der Waals surface area contributed by atoms with Crippen molar-refractivity contribution in [3.05, 3.63) is 30.1 Å². The summed E-state index contributed by atoms with van der Waals surface area (Å²) in [5.41, 5.74) is 0.622. The molecule has 0 aromatic carbocycles. The molecule has 0 saturated carbocycles. The molecule has 1 atom stereocenters. The summed E-state index contributed by atoms with van der Waals surface area (Å²) in [6.45, 7) is 4.61. The number of likely N-dealkylation sites (tertiary alicyclic amines) is 1. The maximum atomic E-state index is 11.9. The molecule has 5 heteroatoms. The van der Waals surface area contributed by atoms with Crippen LogP contribution in [-0.4, -0.2) is 55.7 Å². The molecular formula is C14H21N3O2. The molecule has 1 saturated heterocycles. The molecule has 1 aliphatic rings. The van der Waals surface area contributed by atoms with Gasteiger partial charge in [-0.2, -0.15) is 0 Å². The lowest BCUT2D eigenvalue weighted by molar-refractivity contribution is 0.0946. The average Bonchev–Trinajstić information content (AvgIpc) is 2.91. The van der Waals surface area contributed by atoms with E-state index < -0.39 is 0 Å². The zero-order valence-electron chi connectivity index (χ0n) is 11.3. The zero-order chi connectivity index (χ0) is 13.5. The zero-order valence-corrected chi connectivity index (χ0v) is 11.3. The number of pyridine rings is 1. The van der Waals surface area contributed by atoms with E-state index in [1.807, 2.05) is 0 Å². The summed E-state index contributed by atoms with van der Waals surface area (Å²) in [6, 6.07) is 3.55. The standard InChI is InChI=1S/C14H21N3O2/c1-19-8-7-17-6-4-12(11-17)9-16-14(18)13-3-2-5-15-10-13/h2-3,5,10,12H,4,6-9,11H2,1H3,(H,16,18). The monoisotopic (exact) mass is 263 g/mol. The van der Waals surface area contributed by atoms with Crippen molar-refractivity contribution in [3.63, 3.8) is 0 Å². The quantitative estimate of drug-likeness (QED) is 0.824. The van der Waals surface area contributed by atoms with E-state index in [4.69, 9.17) is 4.74 Å². The summed E-state index contributed by atoms with van der Waals surface area (Å²) in [7, 11) is 1.72. The Morgan fingerprint density at radius 2 is 2.53 bits per heavy atom. The van der Waals surface area contributed by atoms with Crippen molar-refractivity contribution in [2.24, 2.45) is 5.92 Å². The van der Waals surface area contributed by atoms with Gasteiger partial charge in [-0.15, -0.1) is 0 Å². The van der Waals surface area contributed by atoms with E-state index in [1.165, 1.54) is 0 Å². The van der Waals surface area contributed by atoms with Gasteiger partial charge in [-0.25, -0.2) is 0 Å². The van der Waals surface area contributed by atoms with Crippen molar-refractivity contribution in [3.8, 4) is 0 Å². The Labute approximate surface area is 114 Å². The molecule has 0 bridgehead atoms. The topological polar surface area (TPSA) is 54.5 Å². The Bertz CT molecular complexity index is 397. The molecule has 1 aromatic rings. The highest BCUT2D eigenvalue weighted by molar-refractivity contribution is 5.93. The Morgan fingerprint density at radius 1 is 1.63 bits per heavy atom. The maximum absolute atomic E-state index is 11.9. The number of hydrogen-bond acceptors (Lipinski definition) is 4. The SMILES string of the molecule is COCCN1CCC(CNC(=O)c2cccnc2)C1. The van der Waals surface area contributed by atoms with Crippen molar-refractivity contribution >= 4 is 5.91 Å². The molecular weight excluding hydrogens is 242 g/mol. The van der Waals surface area contributed by atoms with Crippen molar-refractivity contribution in [2.45, 2.75) is 6.42 Å². The molecule has 1 aliphatic heterocycles. The Kier molecular flexibility index (Phi) is 5.30. The number of amides is 1. The molecule has 2 rings (SSSR count). The van der Waals surface area contributed by atoms with Crippen LogP contribution in [0.15, 0.2) is 24.5 Å². The molecule has 104 valence electrons. The number of aromatic nitrogens is 1. The van der Waals surface area contributed by atoms with E-state index in [9.17, 15) is 4.79 Å². The van der Waals surface area contributed by atoms with Gasteiger partial charge < -0.3 is 15.0 Å². The van der Waals surface area contributed by atoms with Gasteiger partial charge in [-0.3, -0.25) is 9.78 Å². The fourth-order valence-electron chi connectivity index (χ4n) is 2.34. The van der Waals surface area contributed by atoms with Crippen LogP contribution in [0.25, 0.3) is 0 Å². The minimum atomic E-state index is -0.0385. The molecule has 5 nitrogen and oxygen atoms in total. The lowest BCUT2D eigenvalue weighted by Gasteiger charge is -2.15. The Balaban J connectivity index is 1.70. The van der Waals surface area contributed by atoms with E-state index in [0.29, 0.717) is 11.5 Å². The number of nitrogens with one attached hydrogen (secondary N) is 1. The molecule has 1 N–H and O–H groups in total. The van der Waals surface area contributed by atoms with Gasteiger partial charge in [0.1, 0.15) is 0 Å². The number of methoxy groups -OCH3 is 1. The smallest absolute Gasteiger partial charge is 0.252 e. The summed E-state index contributed by atoms with van der Waals surface area (Å²) < 4.78 is 5.08. The van der Waals surface area contributed by atoms with E-state index in [1.54, 1.807) is 31.6 Å². The highest BCUT2D eigenvalue weighted by atomic mass is 16.5. The van der Waals surface area contributed by atoms with Crippen molar-refractivity contribution in [1.82, 2.24) is 15.2 Å². The van der Waals surface area contributed by atoms with Gasteiger partial charge in [0.15, 0.2) is 0 Å². The maximum Gasteiger partial charge on any atom is 0.252 e. The largest absolute Gasteiger partial charge is 0.383 e. The summed E-state index contributed by atoms with van der Waals surface area (Å²) in [6.07, 6.45) is 4.40. The molecule has 0 radical (unpaired) electrons. The third-order valence-corrected chi connectivity index (χ3v) is 3.46. The first kappa shape index (κ1) is 14.0. The summed E-state index contributed by atoms with van der Waals surface area (Å²) in [4.78, 5) is 18.2. The number of rotatable bonds is 6. The lowest BCUT2D eigenvalue weighted by Crippen LogP contribution is -2.31. The van der Waals surface area contributed by atoms with Crippen molar-refractivity contribution < 1.29 is 9.53 Å². The first-order valence-corrected chi connectivity index (χ1v) is 6.69. The first-order valence-electron chi connectivity index (χ1n) is 6.69. The van der Waals surface area contributed by atoms with Crippen LogP contribution in [0.5, 0.6) is 0 Å². The predicted molar refractivity (Wildman–Crippen MR) is 73.0 cm³/mol. The normalized spacial score (nSPS) is 19.5. The number of carbonyl (C=O) groups is 1. The van der Waals surface area contributed by atoms with Gasteiger partial charge in [-0.05, 0) is 31.0 Å². The number of nitrogens with zero attached hydrogens (tertiary/aromatic N) is 2. The van der Waals surface area contributed by atoms with Gasteiger partial charge in [0.05, 0.1) is 12.2 Å². The van der Waals surface area contributed by atoms with Crippen molar-refractivity contribution in [1.29, 1.82) is 0 Å². The van der Waals surface area contributed by atoms with Crippen LogP contribution in [-0.2, 0) is 4.74 Å². The minimum Gasteiger partial charge on any atom is -0.383 e. The lowest BCUT2D eigenvalue weighted by atomic mass is 10.1.